The van der Waals surface area contributed by atoms with Crippen LogP contribution in [0.2, 0.25) is 0 Å². The predicted octanol–water partition coefficient (Wildman–Crippen LogP) is 3.24. The van der Waals surface area contributed by atoms with Crippen molar-refractivity contribution >= 4 is 5.84 Å². The molecule has 0 spiro atoms. The van der Waals surface area contributed by atoms with Gasteiger partial charge in [-0.15, -0.1) is 0 Å². The Morgan fingerprint density at radius 2 is 1.76 bits per heavy atom. The first-order chi connectivity index (χ1) is 9.71. The van der Waals surface area contributed by atoms with Crippen LogP contribution in [0.3, 0.4) is 0 Å². The van der Waals surface area contributed by atoms with Gasteiger partial charge in [0.05, 0.1) is 11.4 Å². The van der Waals surface area contributed by atoms with Crippen LogP contribution in [0, 0.1) is 10.8 Å². The van der Waals surface area contributed by atoms with Gasteiger partial charge in [-0.2, -0.15) is 13.2 Å². The highest BCUT2D eigenvalue weighted by atomic mass is 19.4. The topological polar surface area (TPSA) is 53.1 Å². The van der Waals surface area contributed by atoms with Crippen molar-refractivity contribution in [1.29, 1.82) is 5.41 Å². The Labute approximate surface area is 122 Å². The fraction of sp³-hybridized carbons (Fsp3) is 0.533. The lowest BCUT2D eigenvalue weighted by molar-refractivity contribution is -0.137. The van der Waals surface area contributed by atoms with E-state index in [9.17, 15) is 13.2 Å². The van der Waals surface area contributed by atoms with Crippen LogP contribution >= 0.6 is 0 Å². The lowest BCUT2D eigenvalue weighted by atomic mass is 9.79. The number of hydrogen-bond donors (Lipinski definition) is 2. The van der Waals surface area contributed by atoms with E-state index >= 15 is 0 Å². The van der Waals surface area contributed by atoms with Gasteiger partial charge in [0.15, 0.2) is 0 Å². The number of nitrogens with two attached hydrogens (primary N) is 1. The summed E-state index contributed by atoms with van der Waals surface area (Å²) in [4.78, 5) is 2.19. The molecule has 116 valence electrons. The molecule has 6 heteroatoms. The molecule has 1 aromatic rings. The second kappa shape index (κ2) is 5.67. The van der Waals surface area contributed by atoms with Crippen molar-refractivity contribution in [1.82, 2.24) is 4.90 Å². The van der Waals surface area contributed by atoms with E-state index in [1.54, 1.807) is 0 Å². The zero-order valence-electron chi connectivity index (χ0n) is 12.0. The summed E-state index contributed by atoms with van der Waals surface area (Å²) in [5.74, 6) is 0.219. The first kappa shape index (κ1) is 15.8. The van der Waals surface area contributed by atoms with Crippen molar-refractivity contribution in [3.8, 4) is 0 Å². The van der Waals surface area contributed by atoms with Crippen LogP contribution in [0.4, 0.5) is 13.2 Å². The van der Waals surface area contributed by atoms with Crippen molar-refractivity contribution in [3.63, 3.8) is 0 Å². The van der Waals surface area contributed by atoms with E-state index in [1.807, 2.05) is 6.92 Å². The number of rotatable bonds is 3. The van der Waals surface area contributed by atoms with E-state index in [4.69, 9.17) is 11.1 Å². The molecule has 1 saturated heterocycles. The van der Waals surface area contributed by atoms with Gasteiger partial charge in [0.2, 0.25) is 0 Å². The minimum atomic E-state index is -4.28. The van der Waals surface area contributed by atoms with E-state index in [1.165, 1.54) is 12.1 Å². The minimum Gasteiger partial charge on any atom is -0.387 e. The molecule has 1 aromatic carbocycles. The second-order valence-corrected chi connectivity index (χ2v) is 5.95. The van der Waals surface area contributed by atoms with Crippen molar-refractivity contribution in [3.05, 3.63) is 35.4 Å². The molecule has 0 aliphatic carbocycles. The number of hydrogen-bond acceptors (Lipinski definition) is 2. The molecule has 1 aliphatic rings. The van der Waals surface area contributed by atoms with Crippen LogP contribution in [0.25, 0.3) is 0 Å². The number of piperidine rings is 1. The quantitative estimate of drug-likeness (QED) is 0.665. The van der Waals surface area contributed by atoms with Gasteiger partial charge in [-0.3, -0.25) is 10.3 Å². The summed E-state index contributed by atoms with van der Waals surface area (Å²) in [6.07, 6.45) is -2.67. The standard InChI is InChI=1S/C15H20F3N3/c1-14(13(19)20)6-8-21(9-7-14)10-11-2-4-12(5-3-11)15(16,17)18/h2-5H,6-10H2,1H3,(H3,19,20). The highest BCUT2D eigenvalue weighted by molar-refractivity contribution is 5.83. The van der Waals surface area contributed by atoms with Gasteiger partial charge in [0.25, 0.3) is 0 Å². The highest BCUT2D eigenvalue weighted by Gasteiger charge is 2.33. The van der Waals surface area contributed by atoms with Crippen LogP contribution in [-0.2, 0) is 12.7 Å². The first-order valence-electron chi connectivity index (χ1n) is 6.94. The van der Waals surface area contributed by atoms with Gasteiger partial charge in [0.1, 0.15) is 0 Å². The average Bonchev–Trinajstić information content (AvgIpc) is 2.41. The molecule has 0 bridgehead atoms. The zero-order valence-corrected chi connectivity index (χ0v) is 12.0. The third-order valence-corrected chi connectivity index (χ3v) is 4.30. The second-order valence-electron chi connectivity index (χ2n) is 5.95. The Kier molecular flexibility index (Phi) is 4.27. The summed E-state index contributed by atoms with van der Waals surface area (Å²) >= 11 is 0. The van der Waals surface area contributed by atoms with E-state index in [0.717, 1.165) is 43.6 Å². The monoisotopic (exact) mass is 299 g/mol. The highest BCUT2D eigenvalue weighted by Crippen LogP contribution is 2.32. The fourth-order valence-electron chi connectivity index (χ4n) is 2.53. The number of halogens is 3. The van der Waals surface area contributed by atoms with E-state index < -0.39 is 11.7 Å². The van der Waals surface area contributed by atoms with Crippen molar-refractivity contribution < 1.29 is 13.2 Å². The summed E-state index contributed by atoms with van der Waals surface area (Å²) in [7, 11) is 0. The van der Waals surface area contributed by atoms with Gasteiger partial charge >= 0.3 is 6.18 Å². The number of likely N-dealkylation sites (tertiary alicyclic amines) is 1. The maximum Gasteiger partial charge on any atom is 0.416 e. The van der Waals surface area contributed by atoms with Gasteiger partial charge in [-0.25, -0.2) is 0 Å². The normalized spacial score (nSPS) is 19.4. The Morgan fingerprint density at radius 1 is 1.24 bits per heavy atom. The minimum absolute atomic E-state index is 0.219. The Balaban J connectivity index is 1.94. The number of benzene rings is 1. The lowest BCUT2D eigenvalue weighted by Crippen LogP contribution is -2.44. The smallest absolute Gasteiger partial charge is 0.387 e. The Morgan fingerprint density at radius 3 is 2.19 bits per heavy atom. The molecule has 1 heterocycles. The van der Waals surface area contributed by atoms with Gasteiger partial charge in [-0.1, -0.05) is 19.1 Å². The Bertz CT molecular complexity index is 500. The molecule has 0 atom stereocenters. The largest absolute Gasteiger partial charge is 0.416 e. The summed E-state index contributed by atoms with van der Waals surface area (Å²) in [6.45, 7) is 4.23. The summed E-state index contributed by atoms with van der Waals surface area (Å²) < 4.78 is 37.5. The molecule has 0 aromatic heterocycles. The number of amidine groups is 1. The lowest BCUT2D eigenvalue weighted by Gasteiger charge is -2.38. The number of nitrogens with zero attached hydrogens (tertiary/aromatic N) is 1. The summed E-state index contributed by atoms with van der Waals surface area (Å²) in [6, 6.07) is 5.31. The van der Waals surface area contributed by atoms with Gasteiger partial charge in [-0.05, 0) is 43.6 Å². The number of alkyl halides is 3. The predicted molar refractivity (Wildman–Crippen MR) is 76.0 cm³/mol. The van der Waals surface area contributed by atoms with Crippen LogP contribution in [0.5, 0.6) is 0 Å². The average molecular weight is 299 g/mol. The molecule has 2 rings (SSSR count). The first-order valence-corrected chi connectivity index (χ1v) is 6.94. The van der Waals surface area contributed by atoms with E-state index in [2.05, 4.69) is 4.90 Å². The maximum absolute atomic E-state index is 12.5. The van der Waals surface area contributed by atoms with E-state index in [0.29, 0.717) is 6.54 Å². The third-order valence-electron chi connectivity index (χ3n) is 4.30. The number of nitrogens with one attached hydrogen (secondary N) is 1. The van der Waals surface area contributed by atoms with Crippen molar-refractivity contribution in [2.75, 3.05) is 13.1 Å². The molecule has 21 heavy (non-hydrogen) atoms. The van der Waals surface area contributed by atoms with Crippen molar-refractivity contribution in [2.45, 2.75) is 32.5 Å². The SMILES string of the molecule is CC1(C(=N)N)CCN(Cc2ccc(C(F)(F)F)cc2)CC1. The summed E-state index contributed by atoms with van der Waals surface area (Å²) in [5.41, 5.74) is 5.63. The van der Waals surface area contributed by atoms with Crippen LogP contribution in [0.1, 0.15) is 30.9 Å². The van der Waals surface area contributed by atoms with Gasteiger partial charge in [0, 0.05) is 12.0 Å². The molecular weight excluding hydrogens is 279 g/mol. The molecule has 1 fully saturated rings. The molecule has 3 nitrogen and oxygen atoms in total. The zero-order chi connectivity index (χ0) is 15.7. The van der Waals surface area contributed by atoms with Crippen LogP contribution in [-0.4, -0.2) is 23.8 Å². The molecular formula is C15H20F3N3. The molecule has 0 amide bonds. The molecule has 3 N–H and O–H groups in total. The van der Waals surface area contributed by atoms with Crippen LogP contribution < -0.4 is 5.73 Å². The van der Waals surface area contributed by atoms with Crippen LogP contribution in [0.15, 0.2) is 24.3 Å². The van der Waals surface area contributed by atoms with Crippen molar-refractivity contribution in [2.24, 2.45) is 11.1 Å². The third kappa shape index (κ3) is 3.75. The fourth-order valence-corrected chi connectivity index (χ4v) is 2.53. The molecule has 0 unspecified atom stereocenters. The Hall–Kier alpha value is -1.56. The maximum atomic E-state index is 12.5. The molecule has 1 aliphatic heterocycles. The summed E-state index contributed by atoms with van der Waals surface area (Å²) in [5, 5.41) is 7.61. The van der Waals surface area contributed by atoms with Gasteiger partial charge < -0.3 is 5.73 Å². The molecule has 0 radical (unpaired) electrons. The van der Waals surface area contributed by atoms with E-state index in [-0.39, 0.29) is 11.3 Å². The molecule has 0 saturated carbocycles.